The molecule has 0 aliphatic carbocycles. The number of fused-ring (bicyclic) bond motifs is 1. The molecule has 3 rings (SSSR count). The van der Waals surface area contributed by atoms with Crippen LogP contribution in [0.15, 0.2) is 36.4 Å². The summed E-state index contributed by atoms with van der Waals surface area (Å²) in [5.41, 5.74) is 8.71. The molecule has 4 heteroatoms. The molecular weight excluding hydrogens is 266 g/mol. The quantitative estimate of drug-likeness (QED) is 0.798. The molecule has 20 heavy (non-hydrogen) atoms. The molecule has 3 nitrogen and oxygen atoms in total. The van der Waals surface area contributed by atoms with Crippen molar-refractivity contribution < 1.29 is 0 Å². The Morgan fingerprint density at radius 3 is 2.80 bits per heavy atom. The van der Waals surface area contributed by atoms with Gasteiger partial charge in [0.25, 0.3) is 0 Å². The third kappa shape index (κ3) is 2.49. The second-order valence-corrected chi connectivity index (χ2v) is 6.22. The maximum Gasteiger partial charge on any atom is 0.0624 e. The minimum atomic E-state index is 0.0347. The maximum absolute atomic E-state index is 6.38. The molecule has 3 aromatic rings. The minimum absolute atomic E-state index is 0.0347. The molecule has 1 aromatic carbocycles. The van der Waals surface area contributed by atoms with Crippen LogP contribution in [0.4, 0.5) is 0 Å². The zero-order valence-electron chi connectivity index (χ0n) is 11.8. The Morgan fingerprint density at radius 1 is 1.30 bits per heavy atom. The summed E-state index contributed by atoms with van der Waals surface area (Å²) in [5, 5.41) is 5.76. The van der Waals surface area contributed by atoms with E-state index < -0.39 is 0 Å². The number of benzene rings is 1. The van der Waals surface area contributed by atoms with Crippen molar-refractivity contribution in [2.24, 2.45) is 12.8 Å². The van der Waals surface area contributed by atoms with E-state index in [1.165, 1.54) is 20.7 Å². The Balaban J connectivity index is 1.84. The van der Waals surface area contributed by atoms with Crippen molar-refractivity contribution in [3.8, 4) is 0 Å². The van der Waals surface area contributed by atoms with Crippen LogP contribution in [0.1, 0.15) is 29.2 Å². The summed E-state index contributed by atoms with van der Waals surface area (Å²) >= 11 is 1.79. The van der Waals surface area contributed by atoms with Crippen molar-refractivity contribution in [1.29, 1.82) is 0 Å². The van der Waals surface area contributed by atoms with E-state index in [0.717, 1.165) is 18.5 Å². The van der Waals surface area contributed by atoms with E-state index in [-0.39, 0.29) is 6.04 Å². The van der Waals surface area contributed by atoms with E-state index in [0.29, 0.717) is 0 Å². The van der Waals surface area contributed by atoms with Crippen LogP contribution in [-0.2, 0) is 19.9 Å². The van der Waals surface area contributed by atoms with Crippen molar-refractivity contribution in [2.75, 3.05) is 0 Å². The summed E-state index contributed by atoms with van der Waals surface area (Å²) in [6.45, 7) is 2.12. The topological polar surface area (TPSA) is 43.8 Å². The summed E-state index contributed by atoms with van der Waals surface area (Å²) in [6, 6.07) is 12.8. The molecule has 0 amide bonds. The zero-order valence-corrected chi connectivity index (χ0v) is 12.7. The number of aromatic nitrogens is 2. The summed E-state index contributed by atoms with van der Waals surface area (Å²) in [6.07, 6.45) is 1.79. The van der Waals surface area contributed by atoms with Gasteiger partial charge in [-0.1, -0.05) is 25.1 Å². The molecule has 0 aliphatic rings. The van der Waals surface area contributed by atoms with Gasteiger partial charge < -0.3 is 5.73 Å². The lowest BCUT2D eigenvalue weighted by Crippen LogP contribution is -2.14. The average molecular weight is 285 g/mol. The van der Waals surface area contributed by atoms with Gasteiger partial charge in [0.2, 0.25) is 0 Å². The van der Waals surface area contributed by atoms with E-state index in [9.17, 15) is 0 Å². The molecule has 0 saturated carbocycles. The lowest BCUT2D eigenvalue weighted by atomic mass is 10.1. The molecule has 0 radical (unpaired) electrons. The molecule has 2 N–H and O–H groups in total. The molecule has 104 valence electrons. The van der Waals surface area contributed by atoms with E-state index >= 15 is 0 Å². The first kappa shape index (κ1) is 13.3. The smallest absolute Gasteiger partial charge is 0.0624 e. The predicted octanol–water partition coefficient (Wildman–Crippen LogP) is 3.44. The Bertz CT molecular complexity index is 693. The van der Waals surface area contributed by atoms with Gasteiger partial charge in [0.1, 0.15) is 0 Å². The van der Waals surface area contributed by atoms with Gasteiger partial charge in [0.05, 0.1) is 5.69 Å². The van der Waals surface area contributed by atoms with Gasteiger partial charge in [0.15, 0.2) is 0 Å². The summed E-state index contributed by atoms with van der Waals surface area (Å²) < 4.78 is 3.25. The highest BCUT2D eigenvalue weighted by molar-refractivity contribution is 7.19. The van der Waals surface area contributed by atoms with E-state index in [1.54, 1.807) is 11.3 Å². The Hall–Kier alpha value is -1.65. The van der Waals surface area contributed by atoms with Crippen LogP contribution in [0, 0.1) is 0 Å². The highest BCUT2D eigenvalue weighted by atomic mass is 32.1. The Morgan fingerprint density at radius 2 is 2.10 bits per heavy atom. The van der Waals surface area contributed by atoms with Crippen LogP contribution in [0.3, 0.4) is 0 Å². The number of nitrogens with zero attached hydrogens (tertiary/aromatic N) is 2. The number of hydrogen-bond donors (Lipinski definition) is 1. The van der Waals surface area contributed by atoms with Crippen LogP contribution >= 0.6 is 11.3 Å². The van der Waals surface area contributed by atoms with Crippen LogP contribution in [0.25, 0.3) is 10.1 Å². The normalized spacial score (nSPS) is 12.9. The van der Waals surface area contributed by atoms with E-state index in [4.69, 9.17) is 5.73 Å². The van der Waals surface area contributed by atoms with Gasteiger partial charge in [-0.2, -0.15) is 5.10 Å². The fourth-order valence-corrected chi connectivity index (χ4v) is 3.51. The second-order valence-electron chi connectivity index (χ2n) is 5.10. The largest absolute Gasteiger partial charge is 0.323 e. The lowest BCUT2D eigenvalue weighted by Gasteiger charge is -2.09. The molecule has 0 spiro atoms. The summed E-state index contributed by atoms with van der Waals surface area (Å²) in [5.74, 6) is 0. The first-order valence-corrected chi connectivity index (χ1v) is 7.75. The van der Waals surface area contributed by atoms with Crippen molar-refractivity contribution in [3.05, 3.63) is 52.7 Å². The average Bonchev–Trinajstić information content (AvgIpc) is 3.02. The monoisotopic (exact) mass is 285 g/mol. The highest BCUT2D eigenvalue weighted by Crippen LogP contribution is 2.30. The number of nitrogens with two attached hydrogens (primary N) is 1. The van der Waals surface area contributed by atoms with Crippen LogP contribution in [0.2, 0.25) is 0 Å². The molecular formula is C16H19N3S. The van der Waals surface area contributed by atoms with Gasteiger partial charge in [-0.25, -0.2) is 0 Å². The Kier molecular flexibility index (Phi) is 3.59. The zero-order chi connectivity index (χ0) is 14.1. The van der Waals surface area contributed by atoms with Crippen molar-refractivity contribution in [2.45, 2.75) is 25.8 Å². The third-order valence-corrected chi connectivity index (χ3v) is 4.88. The molecule has 0 saturated heterocycles. The molecule has 2 aromatic heterocycles. The van der Waals surface area contributed by atoms with Gasteiger partial charge >= 0.3 is 0 Å². The van der Waals surface area contributed by atoms with Gasteiger partial charge in [-0.05, 0) is 30.0 Å². The molecule has 0 bridgehead atoms. The number of aryl methyl sites for hydroxylation is 2. The van der Waals surface area contributed by atoms with Gasteiger partial charge in [-0.15, -0.1) is 11.3 Å². The van der Waals surface area contributed by atoms with Crippen molar-refractivity contribution >= 4 is 21.4 Å². The first-order valence-electron chi connectivity index (χ1n) is 6.93. The first-order chi connectivity index (χ1) is 9.67. The summed E-state index contributed by atoms with van der Waals surface area (Å²) in [4.78, 5) is 1.24. The minimum Gasteiger partial charge on any atom is -0.323 e. The van der Waals surface area contributed by atoms with Crippen molar-refractivity contribution in [3.63, 3.8) is 0 Å². The van der Waals surface area contributed by atoms with Gasteiger partial charge in [-0.3, -0.25) is 4.68 Å². The second kappa shape index (κ2) is 5.38. The fraction of sp³-hybridized carbons (Fsp3) is 0.312. The number of thiophene rings is 1. The van der Waals surface area contributed by atoms with Crippen LogP contribution < -0.4 is 5.73 Å². The van der Waals surface area contributed by atoms with E-state index in [1.807, 2.05) is 11.7 Å². The summed E-state index contributed by atoms with van der Waals surface area (Å²) in [7, 11) is 1.99. The molecule has 0 fully saturated rings. The van der Waals surface area contributed by atoms with Crippen LogP contribution in [-0.4, -0.2) is 9.78 Å². The highest BCUT2D eigenvalue weighted by Gasteiger charge is 2.13. The van der Waals surface area contributed by atoms with Crippen LogP contribution in [0.5, 0.6) is 0 Å². The third-order valence-electron chi connectivity index (χ3n) is 3.63. The standard InChI is InChI=1S/C16H19N3S/c1-3-12-9-13(19(2)18-12)10-14(17)16-8-11-6-4-5-7-15(11)20-16/h4-9,14H,3,10,17H2,1-2H3. The lowest BCUT2D eigenvalue weighted by molar-refractivity contribution is 0.644. The van der Waals surface area contributed by atoms with E-state index in [2.05, 4.69) is 48.4 Å². The molecule has 1 atom stereocenters. The molecule has 0 aliphatic heterocycles. The van der Waals surface area contributed by atoms with Crippen molar-refractivity contribution in [1.82, 2.24) is 9.78 Å². The molecule has 2 heterocycles. The molecule has 1 unspecified atom stereocenters. The Labute approximate surface area is 123 Å². The number of rotatable bonds is 4. The number of hydrogen-bond acceptors (Lipinski definition) is 3. The predicted molar refractivity (Wildman–Crippen MR) is 85.0 cm³/mol. The van der Waals surface area contributed by atoms with Gasteiger partial charge in [0, 0.05) is 34.8 Å². The fourth-order valence-electron chi connectivity index (χ4n) is 2.45. The maximum atomic E-state index is 6.38. The SMILES string of the molecule is CCc1cc(CC(N)c2cc3ccccc3s2)n(C)n1.